The quantitative estimate of drug-likeness (QED) is 0.412. The minimum absolute atomic E-state index is 0.168. The molecule has 9 nitrogen and oxygen atoms in total. The summed E-state index contributed by atoms with van der Waals surface area (Å²) in [5.74, 6) is 1.44. The molecule has 1 atom stereocenters. The molecule has 9 heteroatoms. The Morgan fingerprint density at radius 1 is 1.10 bits per heavy atom. The number of carbonyl (C=O) groups is 1. The van der Waals surface area contributed by atoms with Crippen LogP contribution >= 0.6 is 0 Å². The Morgan fingerprint density at radius 3 is 2.67 bits per heavy atom. The van der Waals surface area contributed by atoms with Gasteiger partial charge in [-0.15, -0.1) is 0 Å². The molecule has 3 aliphatic rings. The van der Waals surface area contributed by atoms with Crippen LogP contribution in [0.25, 0.3) is 10.9 Å². The summed E-state index contributed by atoms with van der Waals surface area (Å²) in [7, 11) is 4.27. The van der Waals surface area contributed by atoms with E-state index in [4.69, 9.17) is 4.98 Å². The van der Waals surface area contributed by atoms with Crippen LogP contribution in [0.5, 0.6) is 0 Å². The van der Waals surface area contributed by atoms with E-state index in [0.29, 0.717) is 18.2 Å². The van der Waals surface area contributed by atoms with Crippen LogP contribution in [-0.2, 0) is 20.0 Å². The van der Waals surface area contributed by atoms with Gasteiger partial charge in [0.25, 0.3) is 5.91 Å². The number of nitrogens with zero attached hydrogens (tertiary/aromatic N) is 5. The maximum Gasteiger partial charge on any atom is 0.251 e. The van der Waals surface area contributed by atoms with E-state index in [9.17, 15) is 9.90 Å². The number of fused-ring (bicyclic) bond motifs is 3. The lowest BCUT2D eigenvalue weighted by Crippen LogP contribution is -2.45. The zero-order valence-electron chi connectivity index (χ0n) is 23.2. The van der Waals surface area contributed by atoms with E-state index in [1.165, 1.54) is 28.6 Å². The highest BCUT2D eigenvalue weighted by molar-refractivity contribution is 5.95. The molecule has 3 N–H and O–H groups in total. The number of amides is 1. The van der Waals surface area contributed by atoms with Crippen LogP contribution in [0.4, 0.5) is 11.6 Å². The Kier molecular flexibility index (Phi) is 7.47. The fourth-order valence-corrected chi connectivity index (χ4v) is 6.10. The number of nitrogens with one attached hydrogen (secondary N) is 2. The molecule has 1 unspecified atom stereocenters. The summed E-state index contributed by atoms with van der Waals surface area (Å²) >= 11 is 0. The van der Waals surface area contributed by atoms with E-state index in [2.05, 4.69) is 68.3 Å². The highest BCUT2D eigenvalue weighted by atomic mass is 16.3. The van der Waals surface area contributed by atoms with Crippen LogP contribution in [0, 0.1) is 0 Å². The van der Waals surface area contributed by atoms with Crippen molar-refractivity contribution in [3.8, 4) is 0 Å². The summed E-state index contributed by atoms with van der Waals surface area (Å²) in [4.78, 5) is 25.0. The van der Waals surface area contributed by atoms with Crippen molar-refractivity contribution in [3.05, 3.63) is 53.2 Å². The number of piperazine rings is 1. The number of carbonyl (C=O) groups excluding carboxylic acids is 1. The zero-order chi connectivity index (χ0) is 26.9. The molecule has 1 saturated heterocycles. The molecule has 6 rings (SSSR count). The van der Waals surface area contributed by atoms with Crippen LogP contribution in [-0.4, -0.2) is 95.4 Å². The maximum atomic E-state index is 13.2. The molecule has 0 radical (unpaired) electrons. The van der Waals surface area contributed by atoms with Gasteiger partial charge in [0.15, 0.2) is 0 Å². The van der Waals surface area contributed by atoms with Gasteiger partial charge >= 0.3 is 0 Å². The number of pyridine rings is 1. The van der Waals surface area contributed by atoms with Gasteiger partial charge in [-0.05, 0) is 50.1 Å². The summed E-state index contributed by atoms with van der Waals surface area (Å²) in [5.41, 5.74) is 4.59. The van der Waals surface area contributed by atoms with Crippen molar-refractivity contribution < 1.29 is 9.90 Å². The first-order valence-electron chi connectivity index (χ1n) is 14.4. The van der Waals surface area contributed by atoms with Gasteiger partial charge in [0.1, 0.15) is 11.6 Å². The Hall–Kier alpha value is -3.14. The second-order valence-corrected chi connectivity index (χ2v) is 11.5. The van der Waals surface area contributed by atoms with Crippen LogP contribution in [0.15, 0.2) is 36.4 Å². The second-order valence-electron chi connectivity index (χ2n) is 11.5. The number of β-amino-alcohol motifs (C(OH)–C–C–N with tert-alkyl or cyclic N) is 1. The van der Waals surface area contributed by atoms with Crippen molar-refractivity contribution in [2.75, 3.05) is 63.1 Å². The summed E-state index contributed by atoms with van der Waals surface area (Å²) in [6.07, 6.45) is 3.84. The van der Waals surface area contributed by atoms with Crippen molar-refractivity contribution in [3.63, 3.8) is 0 Å². The highest BCUT2D eigenvalue weighted by Crippen LogP contribution is 2.30. The second kappa shape index (κ2) is 11.2. The standard InChI is InChI=1S/C30H41N7O2/c1-34-12-14-37(15-13-34)29-17-21(16-28(33-29)32-22-6-5-7-22)30(39)31-18-23(38)19-36-11-10-27-25(20-36)24-8-3-4-9-26(24)35(27)2/h3-4,8-9,16-17,22-23,38H,5-7,10-15,18-20H2,1-2H3,(H,31,39)(H,32,33). The number of benzene rings is 1. The molecular weight excluding hydrogens is 490 g/mol. The van der Waals surface area contributed by atoms with Crippen LogP contribution in [0.2, 0.25) is 0 Å². The number of aliphatic hydroxyl groups is 1. The molecule has 0 spiro atoms. The Morgan fingerprint density at radius 2 is 1.90 bits per heavy atom. The van der Waals surface area contributed by atoms with E-state index >= 15 is 0 Å². The molecule has 4 heterocycles. The number of aliphatic hydroxyl groups excluding tert-OH is 1. The van der Waals surface area contributed by atoms with Crippen molar-refractivity contribution in [1.82, 2.24) is 24.7 Å². The molecule has 2 fully saturated rings. The Labute approximate surface area is 230 Å². The monoisotopic (exact) mass is 531 g/mol. The van der Waals surface area contributed by atoms with Gasteiger partial charge in [0.05, 0.1) is 6.10 Å². The lowest BCUT2D eigenvalue weighted by Gasteiger charge is -2.34. The first kappa shape index (κ1) is 26.1. The van der Waals surface area contributed by atoms with Crippen LogP contribution in [0.1, 0.15) is 40.9 Å². The predicted octanol–water partition coefficient (Wildman–Crippen LogP) is 2.44. The third-order valence-corrected chi connectivity index (χ3v) is 8.72. The number of likely N-dealkylation sites (N-methyl/N-ethyl adjacent to an activating group) is 1. The number of para-hydroxylation sites is 1. The van der Waals surface area contributed by atoms with Crippen LogP contribution in [0.3, 0.4) is 0 Å². The van der Waals surface area contributed by atoms with E-state index in [-0.39, 0.29) is 12.5 Å². The van der Waals surface area contributed by atoms with E-state index < -0.39 is 6.10 Å². The summed E-state index contributed by atoms with van der Waals surface area (Å²) in [5, 5.41) is 18.7. The minimum Gasteiger partial charge on any atom is -0.390 e. The predicted molar refractivity (Wildman–Crippen MR) is 155 cm³/mol. The Balaban J connectivity index is 1.09. The zero-order valence-corrected chi connectivity index (χ0v) is 23.2. The van der Waals surface area contributed by atoms with Crippen molar-refractivity contribution in [2.45, 2.75) is 44.4 Å². The third-order valence-electron chi connectivity index (χ3n) is 8.72. The molecule has 1 aliphatic carbocycles. The average molecular weight is 532 g/mol. The van der Waals surface area contributed by atoms with Gasteiger partial charge in [0, 0.05) is 94.0 Å². The lowest BCUT2D eigenvalue weighted by atomic mass is 9.93. The Bertz CT molecular complexity index is 1330. The number of aromatic nitrogens is 2. The van der Waals surface area contributed by atoms with E-state index in [1.54, 1.807) is 0 Å². The average Bonchev–Trinajstić information content (AvgIpc) is 3.21. The molecule has 1 amide bonds. The molecule has 2 aromatic heterocycles. The lowest BCUT2D eigenvalue weighted by molar-refractivity contribution is 0.0841. The first-order chi connectivity index (χ1) is 18.9. The van der Waals surface area contributed by atoms with Gasteiger partial charge in [0.2, 0.25) is 0 Å². The smallest absolute Gasteiger partial charge is 0.251 e. The fraction of sp³-hybridized carbons (Fsp3) is 0.533. The molecule has 39 heavy (non-hydrogen) atoms. The van der Waals surface area contributed by atoms with Crippen molar-refractivity contribution in [1.29, 1.82) is 0 Å². The van der Waals surface area contributed by atoms with Gasteiger partial charge in [-0.3, -0.25) is 9.69 Å². The van der Waals surface area contributed by atoms with Gasteiger partial charge in [-0.25, -0.2) is 4.98 Å². The number of aryl methyl sites for hydroxylation is 1. The maximum absolute atomic E-state index is 13.2. The van der Waals surface area contributed by atoms with Crippen LogP contribution < -0.4 is 15.5 Å². The minimum atomic E-state index is -0.642. The third kappa shape index (κ3) is 5.62. The van der Waals surface area contributed by atoms with Gasteiger partial charge in [-0.1, -0.05) is 18.2 Å². The SMILES string of the molecule is CN1CCN(c2cc(C(=O)NCC(O)CN3CCc4c(c5ccccc5n4C)C3)cc(NC3CCC3)n2)CC1. The summed E-state index contributed by atoms with van der Waals surface area (Å²) in [6.45, 7) is 6.21. The first-order valence-corrected chi connectivity index (χ1v) is 14.4. The van der Waals surface area contributed by atoms with E-state index in [0.717, 1.165) is 70.2 Å². The number of hydrogen-bond acceptors (Lipinski definition) is 7. The van der Waals surface area contributed by atoms with E-state index in [1.807, 2.05) is 12.1 Å². The largest absolute Gasteiger partial charge is 0.390 e. The molecule has 2 aliphatic heterocycles. The van der Waals surface area contributed by atoms with Crippen molar-refractivity contribution in [2.24, 2.45) is 7.05 Å². The normalized spacial score (nSPS) is 19.5. The van der Waals surface area contributed by atoms with Crippen molar-refractivity contribution >= 4 is 28.4 Å². The molecule has 0 bridgehead atoms. The van der Waals surface area contributed by atoms with Gasteiger partial charge < -0.3 is 30.1 Å². The molecule has 3 aromatic rings. The number of anilines is 2. The summed E-state index contributed by atoms with van der Waals surface area (Å²) < 4.78 is 2.30. The number of rotatable bonds is 8. The molecule has 208 valence electrons. The highest BCUT2D eigenvalue weighted by Gasteiger charge is 2.25. The molecular formula is C30H41N7O2. The van der Waals surface area contributed by atoms with Gasteiger partial charge in [-0.2, -0.15) is 0 Å². The number of hydrogen-bond donors (Lipinski definition) is 3. The molecule has 1 aromatic carbocycles. The topological polar surface area (TPSA) is 88.9 Å². The summed E-state index contributed by atoms with van der Waals surface area (Å²) in [6, 6.07) is 12.7. The molecule has 1 saturated carbocycles. The fourth-order valence-electron chi connectivity index (χ4n) is 6.10.